The Balaban J connectivity index is -0.000000196. The van der Waals surface area contributed by atoms with Crippen molar-refractivity contribution in [2.45, 2.75) is 41.5 Å². The van der Waals surface area contributed by atoms with Gasteiger partial charge in [-0.05, 0) is 0 Å². The number of rotatable bonds is 12. The Labute approximate surface area is 211 Å². The van der Waals surface area contributed by atoms with Gasteiger partial charge in [0.25, 0.3) is 0 Å². The number of carboxylic acids is 3. The molecule has 0 fully saturated rings. The van der Waals surface area contributed by atoms with Crippen LogP contribution in [-0.2, 0) is 28.1 Å². The molecule has 0 spiro atoms. The summed E-state index contributed by atoms with van der Waals surface area (Å²) in [4.78, 5) is 57.5. The Morgan fingerprint density at radius 2 is 0.735 bits per heavy atom. The van der Waals surface area contributed by atoms with Gasteiger partial charge in [-0.3, -0.25) is 13.7 Å². The van der Waals surface area contributed by atoms with Gasteiger partial charge in [-0.1, -0.05) is 41.5 Å². The third kappa shape index (κ3) is 23.3. The molecule has 0 heterocycles. The smallest absolute Gasteiger partial charge is 0.550 e. The molecule has 0 amide bonds. The summed E-state index contributed by atoms with van der Waals surface area (Å²) in [6.07, 6.45) is -0.219. The van der Waals surface area contributed by atoms with Gasteiger partial charge in [-0.15, -0.1) is 0 Å². The van der Waals surface area contributed by atoms with Gasteiger partial charge >= 0.3 is 17.4 Å². The first-order valence-electron chi connectivity index (χ1n) is 10.2. The summed E-state index contributed by atoms with van der Waals surface area (Å²) in [6.45, 7) is 8.78. The van der Waals surface area contributed by atoms with E-state index in [1.807, 2.05) is 0 Å². The van der Waals surface area contributed by atoms with E-state index in [-0.39, 0.29) is 54.3 Å². The zero-order chi connectivity index (χ0) is 27.2. The standard InChI is InChI=1S/3C6H13O4P.Al/c3*1-3-11(9,10)4-5(2)6(7)8;/h3*5H,3-4H2,1-2H3,(H,7,8)(H,9,10);/q;;;+3/p-3. The van der Waals surface area contributed by atoms with Crippen molar-refractivity contribution in [3.8, 4) is 0 Å². The van der Waals surface area contributed by atoms with Gasteiger partial charge < -0.3 is 44.4 Å². The summed E-state index contributed by atoms with van der Waals surface area (Å²) in [5.41, 5.74) is 0. The molecule has 0 saturated carbocycles. The van der Waals surface area contributed by atoms with Gasteiger partial charge in [-0.2, -0.15) is 0 Å². The fraction of sp³-hybridized carbons (Fsp3) is 0.833. The molecule has 16 heteroatoms. The van der Waals surface area contributed by atoms with E-state index in [4.69, 9.17) is 14.7 Å². The average molecular weight is 564 g/mol. The molecule has 198 valence electrons. The van der Waals surface area contributed by atoms with Crippen molar-refractivity contribution in [3.05, 3.63) is 0 Å². The predicted octanol–water partition coefficient (Wildman–Crippen LogP) is -1.39. The average Bonchev–Trinajstić information content (AvgIpc) is 2.67. The molecule has 0 bridgehead atoms. The molecule has 3 N–H and O–H groups in total. The molecule has 0 aliphatic heterocycles. The van der Waals surface area contributed by atoms with E-state index < -0.39 is 57.8 Å². The fourth-order valence-corrected chi connectivity index (χ4v) is 5.68. The Bertz CT molecular complexity index is 673. The van der Waals surface area contributed by atoms with Crippen molar-refractivity contribution in [2.24, 2.45) is 17.8 Å². The fourth-order valence-electron chi connectivity index (χ4n) is 1.89. The minimum Gasteiger partial charge on any atom is -0.550 e. The summed E-state index contributed by atoms with van der Waals surface area (Å²) < 4.78 is 32.9. The Kier molecular flexibility index (Phi) is 22.4. The van der Waals surface area contributed by atoms with Crippen LogP contribution in [0, 0.1) is 17.8 Å². The second-order valence-electron chi connectivity index (χ2n) is 7.70. The molecule has 0 aromatic rings. The second kappa shape index (κ2) is 18.7. The first kappa shape index (κ1) is 40.7. The van der Waals surface area contributed by atoms with Crippen LogP contribution in [0.4, 0.5) is 0 Å². The first-order valence-corrected chi connectivity index (χ1v) is 16.3. The topological polar surface area (TPSA) is 232 Å². The van der Waals surface area contributed by atoms with Gasteiger partial charge in [0.05, 0.1) is 0 Å². The zero-order valence-electron chi connectivity index (χ0n) is 20.4. The molecule has 6 atom stereocenters. The molecule has 6 unspecified atom stereocenters. The van der Waals surface area contributed by atoms with E-state index in [0.717, 1.165) is 0 Å². The molecule has 12 nitrogen and oxygen atoms in total. The largest absolute Gasteiger partial charge is 3.00 e. The van der Waals surface area contributed by atoms with Crippen LogP contribution < -0.4 is 15.3 Å². The molecule has 0 aromatic heterocycles. The second-order valence-corrected chi connectivity index (χ2v) is 15.8. The third-order valence-electron chi connectivity index (χ3n) is 4.37. The summed E-state index contributed by atoms with van der Waals surface area (Å²) >= 11 is 0. The van der Waals surface area contributed by atoms with Crippen molar-refractivity contribution < 1.29 is 58.1 Å². The van der Waals surface area contributed by atoms with Crippen LogP contribution in [0.5, 0.6) is 0 Å². The number of carboxylic acid groups (broad SMARTS) is 3. The van der Waals surface area contributed by atoms with Crippen molar-refractivity contribution >= 4 is 57.4 Å². The van der Waals surface area contributed by atoms with Crippen molar-refractivity contribution in [1.82, 2.24) is 0 Å². The van der Waals surface area contributed by atoms with E-state index in [1.54, 1.807) is 20.8 Å². The molecule has 0 aromatic carbocycles. The Hall–Kier alpha value is -0.488. The van der Waals surface area contributed by atoms with Crippen molar-refractivity contribution in [1.29, 1.82) is 0 Å². The Morgan fingerprint density at radius 1 is 0.588 bits per heavy atom. The predicted molar refractivity (Wildman–Crippen MR) is 124 cm³/mol. The van der Waals surface area contributed by atoms with E-state index in [2.05, 4.69) is 0 Å². The van der Waals surface area contributed by atoms with Gasteiger partial charge in [0.2, 0.25) is 22.1 Å². The van der Waals surface area contributed by atoms with E-state index in [0.29, 0.717) is 0 Å². The summed E-state index contributed by atoms with van der Waals surface area (Å²) in [5.74, 6) is -6.34. The number of hydrogen-bond donors (Lipinski definition) is 3. The maximum absolute atomic E-state index is 11.0. The molecular weight excluding hydrogens is 528 g/mol. The van der Waals surface area contributed by atoms with Gasteiger partial charge in [0.15, 0.2) is 0 Å². The maximum Gasteiger partial charge on any atom is 3.00 e. The van der Waals surface area contributed by atoms with Gasteiger partial charge in [0.1, 0.15) is 0 Å². The van der Waals surface area contributed by atoms with Crippen molar-refractivity contribution in [3.63, 3.8) is 0 Å². The summed E-state index contributed by atoms with van der Waals surface area (Å²) in [7, 11) is -9.61. The van der Waals surface area contributed by atoms with Crippen molar-refractivity contribution in [2.75, 3.05) is 37.0 Å². The Morgan fingerprint density at radius 3 is 0.824 bits per heavy atom. The monoisotopic (exact) mass is 564 g/mol. The number of carbonyl (C=O) groups excluding carboxylic acids is 3. The first-order chi connectivity index (χ1) is 14.7. The molecular formula is C18H36AlO12P3. The van der Waals surface area contributed by atoms with Crippen LogP contribution in [0.2, 0.25) is 0 Å². The number of carbonyl (C=O) groups is 3. The molecule has 0 rings (SSSR count). The molecule has 0 saturated heterocycles. The minimum absolute atomic E-state index is 0. The van der Waals surface area contributed by atoms with E-state index in [1.165, 1.54) is 20.8 Å². The maximum atomic E-state index is 11.0. The van der Waals surface area contributed by atoms with Crippen LogP contribution in [0.15, 0.2) is 0 Å². The molecule has 0 aliphatic rings. The molecule has 0 aliphatic carbocycles. The van der Waals surface area contributed by atoms with E-state index in [9.17, 15) is 43.4 Å². The molecule has 0 radical (unpaired) electrons. The quantitative estimate of drug-likeness (QED) is 0.184. The van der Waals surface area contributed by atoms with E-state index >= 15 is 0 Å². The minimum atomic E-state index is -3.20. The normalized spacial score (nSPS) is 18.3. The van der Waals surface area contributed by atoms with Crippen LogP contribution in [-0.4, -0.2) is 86.9 Å². The van der Waals surface area contributed by atoms with Crippen LogP contribution in [0.1, 0.15) is 41.5 Å². The van der Waals surface area contributed by atoms with Crippen LogP contribution in [0.3, 0.4) is 0 Å². The number of aliphatic carboxylic acids is 3. The third-order valence-corrected chi connectivity index (χ3v) is 10.7. The van der Waals surface area contributed by atoms with Crippen LogP contribution in [0.25, 0.3) is 0 Å². The van der Waals surface area contributed by atoms with Gasteiger partial charge in [-0.25, -0.2) is 0 Å². The summed E-state index contributed by atoms with van der Waals surface area (Å²) in [5, 5.41) is 30.4. The van der Waals surface area contributed by atoms with Crippen LogP contribution >= 0.6 is 22.1 Å². The zero-order valence-corrected chi connectivity index (χ0v) is 24.2. The summed E-state index contributed by atoms with van der Waals surface area (Å²) in [6, 6.07) is 0. The van der Waals surface area contributed by atoms with Gasteiger partial charge in [0, 0.05) is 72.6 Å². The number of hydrogen-bond acceptors (Lipinski definition) is 9. The SMILES string of the molecule is CCP(=O)(O)CC(C)C(=O)[O-].CCP(=O)(O)CC(C)C(=O)[O-].CCP(=O)(O)CC(C)C(=O)[O-].[Al+3]. The molecule has 34 heavy (non-hydrogen) atoms.